The van der Waals surface area contributed by atoms with Crippen LogP contribution in [0.5, 0.6) is 11.5 Å². The number of hydrogen-bond donors (Lipinski definition) is 3. The lowest BCUT2D eigenvalue weighted by Gasteiger charge is -2.13. The van der Waals surface area contributed by atoms with Crippen molar-refractivity contribution in [3.63, 3.8) is 0 Å². The number of rotatable bonds is 7. The number of para-hydroxylation sites is 2. The third-order valence-electron chi connectivity index (χ3n) is 4.44. The number of benzene rings is 3. The number of amides is 2. The summed E-state index contributed by atoms with van der Waals surface area (Å²) in [6.45, 7) is -0.235. The second kappa shape index (κ2) is 12.0. The van der Waals surface area contributed by atoms with Crippen LogP contribution in [0.1, 0.15) is 5.56 Å². The molecule has 0 aliphatic carbocycles. The van der Waals surface area contributed by atoms with Gasteiger partial charge in [-0.25, -0.2) is 0 Å². The molecule has 0 bridgehead atoms. The number of ether oxygens (including phenoxy) is 2. The van der Waals surface area contributed by atoms with Crippen molar-refractivity contribution in [3.05, 3.63) is 90.5 Å². The largest absolute Gasteiger partial charge is 0.496 e. The Balaban J connectivity index is 1.45. The Morgan fingerprint density at radius 1 is 0.879 bits per heavy atom. The summed E-state index contributed by atoms with van der Waals surface area (Å²) >= 11 is 5.03. The van der Waals surface area contributed by atoms with Crippen LogP contribution in [0.3, 0.4) is 0 Å². The Bertz CT molecular complexity index is 1150. The van der Waals surface area contributed by atoms with Gasteiger partial charge in [0.2, 0.25) is 5.91 Å². The molecule has 0 aliphatic rings. The van der Waals surface area contributed by atoms with E-state index in [9.17, 15) is 9.59 Å². The van der Waals surface area contributed by atoms with Crippen LogP contribution in [0, 0.1) is 0 Å². The van der Waals surface area contributed by atoms with Gasteiger partial charge in [-0.15, -0.1) is 0 Å². The van der Waals surface area contributed by atoms with Gasteiger partial charge in [0.05, 0.1) is 7.11 Å². The first-order chi connectivity index (χ1) is 16.1. The molecule has 3 aromatic carbocycles. The predicted molar refractivity (Wildman–Crippen MR) is 131 cm³/mol. The molecule has 0 unspecified atom stereocenters. The van der Waals surface area contributed by atoms with Crippen LogP contribution in [0.15, 0.2) is 84.9 Å². The molecule has 3 aromatic rings. The van der Waals surface area contributed by atoms with Crippen LogP contribution in [-0.2, 0) is 9.59 Å². The lowest BCUT2D eigenvalue weighted by molar-refractivity contribution is -0.123. The minimum Gasteiger partial charge on any atom is -0.496 e. The van der Waals surface area contributed by atoms with Gasteiger partial charge in [-0.2, -0.15) is 0 Å². The molecule has 3 rings (SSSR count). The minimum atomic E-state index is -0.459. The van der Waals surface area contributed by atoms with Crippen LogP contribution in [0.2, 0.25) is 0 Å². The molecule has 0 radical (unpaired) electrons. The number of thiocarbonyl (C=S) groups is 1. The number of carbonyl (C=O) groups is 2. The summed E-state index contributed by atoms with van der Waals surface area (Å²) in [6, 6.07) is 24.5. The fraction of sp³-hybridized carbons (Fsp3) is 0.0800. The van der Waals surface area contributed by atoms with E-state index in [-0.39, 0.29) is 11.7 Å². The lowest BCUT2D eigenvalue weighted by atomic mass is 10.1. The summed E-state index contributed by atoms with van der Waals surface area (Å²) in [5.41, 5.74) is 7.48. The van der Waals surface area contributed by atoms with E-state index in [1.165, 1.54) is 6.08 Å². The van der Waals surface area contributed by atoms with E-state index in [0.717, 1.165) is 16.7 Å². The van der Waals surface area contributed by atoms with Crippen molar-refractivity contribution in [3.8, 4) is 22.6 Å². The fourth-order valence-corrected chi connectivity index (χ4v) is 3.06. The van der Waals surface area contributed by atoms with E-state index in [0.29, 0.717) is 11.5 Å². The first-order valence-electron chi connectivity index (χ1n) is 10.0. The lowest BCUT2D eigenvalue weighted by Crippen LogP contribution is -2.49. The quantitative estimate of drug-likeness (QED) is 0.284. The molecule has 0 aliphatic heterocycles. The highest BCUT2D eigenvalue weighted by atomic mass is 32.1. The fourth-order valence-electron chi connectivity index (χ4n) is 2.91. The van der Waals surface area contributed by atoms with E-state index in [1.807, 2.05) is 66.7 Å². The zero-order chi connectivity index (χ0) is 23.5. The van der Waals surface area contributed by atoms with Gasteiger partial charge >= 0.3 is 0 Å². The highest BCUT2D eigenvalue weighted by molar-refractivity contribution is 7.80. The van der Waals surface area contributed by atoms with Crippen molar-refractivity contribution < 1.29 is 19.1 Å². The topological polar surface area (TPSA) is 88.7 Å². The zero-order valence-corrected chi connectivity index (χ0v) is 18.7. The van der Waals surface area contributed by atoms with Gasteiger partial charge in [-0.05, 0) is 36.0 Å². The van der Waals surface area contributed by atoms with Crippen LogP contribution in [0.25, 0.3) is 17.2 Å². The highest BCUT2D eigenvalue weighted by Crippen LogP contribution is 2.29. The average Bonchev–Trinajstić information content (AvgIpc) is 2.85. The van der Waals surface area contributed by atoms with E-state index in [1.54, 1.807) is 25.3 Å². The number of hydrogen-bond acceptors (Lipinski definition) is 5. The van der Waals surface area contributed by atoms with Gasteiger partial charge in [0.25, 0.3) is 5.91 Å². The Hall–Kier alpha value is -4.17. The van der Waals surface area contributed by atoms with E-state index in [4.69, 9.17) is 21.7 Å². The van der Waals surface area contributed by atoms with E-state index < -0.39 is 11.8 Å². The van der Waals surface area contributed by atoms with Crippen molar-refractivity contribution in [2.45, 2.75) is 0 Å². The molecule has 7 nitrogen and oxygen atoms in total. The number of nitrogens with one attached hydrogen (secondary N) is 3. The van der Waals surface area contributed by atoms with Crippen molar-refractivity contribution in [1.29, 1.82) is 0 Å². The Morgan fingerprint density at radius 3 is 2.30 bits per heavy atom. The second-order valence-electron chi connectivity index (χ2n) is 6.72. The third-order valence-corrected chi connectivity index (χ3v) is 4.64. The van der Waals surface area contributed by atoms with Gasteiger partial charge < -0.3 is 9.47 Å². The normalized spacial score (nSPS) is 10.3. The predicted octanol–water partition coefficient (Wildman–Crippen LogP) is 3.48. The molecule has 33 heavy (non-hydrogen) atoms. The molecule has 168 valence electrons. The van der Waals surface area contributed by atoms with Gasteiger partial charge in [0.1, 0.15) is 11.5 Å². The zero-order valence-electron chi connectivity index (χ0n) is 17.9. The van der Waals surface area contributed by atoms with Crippen molar-refractivity contribution in [1.82, 2.24) is 16.2 Å². The second-order valence-corrected chi connectivity index (χ2v) is 7.13. The molecule has 0 saturated heterocycles. The molecule has 0 saturated carbocycles. The molecule has 0 fully saturated rings. The molecule has 3 N–H and O–H groups in total. The monoisotopic (exact) mass is 461 g/mol. The summed E-state index contributed by atoms with van der Waals surface area (Å²) < 4.78 is 10.9. The van der Waals surface area contributed by atoms with Crippen molar-refractivity contribution in [2.24, 2.45) is 0 Å². The molecule has 0 atom stereocenters. The first kappa shape index (κ1) is 23.5. The van der Waals surface area contributed by atoms with E-state index >= 15 is 0 Å². The summed E-state index contributed by atoms with van der Waals surface area (Å²) in [5, 5.41) is 2.39. The van der Waals surface area contributed by atoms with Gasteiger partial charge in [0, 0.05) is 17.2 Å². The van der Waals surface area contributed by atoms with Crippen molar-refractivity contribution >= 4 is 35.2 Å². The number of carbonyl (C=O) groups excluding carboxylic acids is 2. The first-order valence-corrected chi connectivity index (χ1v) is 10.5. The van der Waals surface area contributed by atoms with Crippen LogP contribution >= 0.6 is 12.2 Å². The summed E-state index contributed by atoms with van der Waals surface area (Å²) in [7, 11) is 1.55. The molecular formula is C25H23N3O4S. The molecule has 2 amide bonds. The maximum absolute atomic E-state index is 12.1. The Morgan fingerprint density at radius 2 is 1.55 bits per heavy atom. The maximum Gasteiger partial charge on any atom is 0.276 e. The Labute approximate surface area is 197 Å². The molecule has 0 aromatic heterocycles. The van der Waals surface area contributed by atoms with E-state index in [2.05, 4.69) is 16.2 Å². The molecule has 0 spiro atoms. The standard InChI is InChI=1S/C25H23N3O4S/c1-31-21-13-7-5-11-19(21)15-16-23(29)26-25(33)28-27-24(30)17-32-22-14-8-6-12-20(22)18-9-3-2-4-10-18/h2-16H,17H2,1H3,(H,27,30)(H2,26,28,29,33)/b16-15+. The number of methoxy groups -OCH3 is 1. The summed E-state index contributed by atoms with van der Waals surface area (Å²) in [4.78, 5) is 24.2. The number of hydrazine groups is 1. The van der Waals surface area contributed by atoms with Crippen LogP contribution < -0.4 is 25.6 Å². The Kier molecular flexibility index (Phi) is 8.55. The highest BCUT2D eigenvalue weighted by Gasteiger charge is 2.09. The third kappa shape index (κ3) is 7.19. The summed E-state index contributed by atoms with van der Waals surface area (Å²) in [5.74, 6) is 0.305. The van der Waals surface area contributed by atoms with Crippen LogP contribution in [-0.4, -0.2) is 30.6 Å². The average molecular weight is 462 g/mol. The molecule has 0 heterocycles. The van der Waals surface area contributed by atoms with Gasteiger partial charge in [-0.1, -0.05) is 66.7 Å². The molecular weight excluding hydrogens is 438 g/mol. The molecule has 8 heteroatoms. The minimum absolute atomic E-state index is 0.0530. The summed E-state index contributed by atoms with van der Waals surface area (Å²) in [6.07, 6.45) is 2.92. The maximum atomic E-state index is 12.1. The van der Waals surface area contributed by atoms with Gasteiger partial charge in [0.15, 0.2) is 11.7 Å². The SMILES string of the molecule is COc1ccccc1/C=C/C(=O)NC(=S)NNC(=O)COc1ccccc1-c1ccccc1. The van der Waals surface area contributed by atoms with Gasteiger partial charge in [-0.3, -0.25) is 25.8 Å². The smallest absolute Gasteiger partial charge is 0.276 e. The van der Waals surface area contributed by atoms with Crippen LogP contribution in [0.4, 0.5) is 0 Å². The van der Waals surface area contributed by atoms with Crippen molar-refractivity contribution in [2.75, 3.05) is 13.7 Å².